The highest BCUT2D eigenvalue weighted by Gasteiger charge is 2.27. The first-order valence-electron chi connectivity index (χ1n) is 6.66. The summed E-state index contributed by atoms with van der Waals surface area (Å²) in [5.41, 5.74) is 10.9. The fraction of sp³-hybridized carbons (Fsp3) is 0.846. The van der Waals surface area contributed by atoms with Crippen LogP contribution in [0, 0.1) is 5.41 Å². The van der Waals surface area contributed by atoms with Crippen molar-refractivity contribution in [1.82, 2.24) is 5.32 Å². The zero-order valence-electron chi connectivity index (χ0n) is 12.1. The van der Waals surface area contributed by atoms with Crippen LogP contribution in [0.2, 0.25) is 0 Å². The first kappa shape index (κ1) is 17.9. The Bertz CT molecular complexity index is 300. The third-order valence-electron chi connectivity index (χ3n) is 2.74. The maximum absolute atomic E-state index is 11.8. The van der Waals surface area contributed by atoms with Gasteiger partial charge in [0.25, 0.3) is 0 Å². The zero-order valence-corrected chi connectivity index (χ0v) is 12.1. The summed E-state index contributed by atoms with van der Waals surface area (Å²) in [6.45, 7) is 6.35. The summed E-state index contributed by atoms with van der Waals surface area (Å²) >= 11 is 0. The number of unbranched alkanes of at least 4 members (excludes halogenated alkanes) is 1. The molecule has 0 aliphatic carbocycles. The molecule has 0 aromatic heterocycles. The van der Waals surface area contributed by atoms with Gasteiger partial charge in [-0.05, 0) is 31.2 Å². The number of nitrogens with one attached hydrogen (secondary N) is 1. The maximum atomic E-state index is 11.8. The molecule has 1 amide bonds. The molecule has 0 radical (unpaired) electrons. The Labute approximate surface area is 114 Å². The van der Waals surface area contributed by atoms with Crippen LogP contribution in [-0.2, 0) is 9.59 Å². The highest BCUT2D eigenvalue weighted by molar-refractivity contribution is 5.86. The number of carbonyl (C=O) groups is 2. The normalized spacial score (nSPS) is 14.8. The molecule has 0 aromatic carbocycles. The van der Waals surface area contributed by atoms with Crippen LogP contribution in [0.5, 0.6) is 0 Å². The summed E-state index contributed by atoms with van der Waals surface area (Å²) in [5.74, 6) is -1.44. The van der Waals surface area contributed by atoms with Crippen molar-refractivity contribution >= 4 is 11.9 Å². The van der Waals surface area contributed by atoms with Gasteiger partial charge in [-0.1, -0.05) is 27.2 Å². The highest BCUT2D eigenvalue weighted by atomic mass is 16.4. The van der Waals surface area contributed by atoms with Gasteiger partial charge in [-0.2, -0.15) is 0 Å². The van der Waals surface area contributed by atoms with E-state index in [4.69, 9.17) is 16.6 Å². The fourth-order valence-corrected chi connectivity index (χ4v) is 1.73. The Morgan fingerprint density at radius 3 is 2.26 bits per heavy atom. The Balaban J connectivity index is 4.35. The number of amides is 1. The minimum absolute atomic E-state index is 0.181. The lowest BCUT2D eigenvalue weighted by Gasteiger charge is -2.25. The van der Waals surface area contributed by atoms with E-state index in [1.165, 1.54) is 0 Å². The molecule has 0 aliphatic heterocycles. The van der Waals surface area contributed by atoms with Crippen molar-refractivity contribution in [2.45, 2.75) is 58.5 Å². The minimum Gasteiger partial charge on any atom is -0.480 e. The Morgan fingerprint density at radius 2 is 1.84 bits per heavy atom. The Hall–Kier alpha value is -1.14. The van der Waals surface area contributed by atoms with Crippen molar-refractivity contribution in [3.63, 3.8) is 0 Å². The Morgan fingerprint density at radius 1 is 1.26 bits per heavy atom. The van der Waals surface area contributed by atoms with Gasteiger partial charge >= 0.3 is 5.97 Å². The molecule has 2 atom stereocenters. The molecule has 0 heterocycles. The van der Waals surface area contributed by atoms with Crippen molar-refractivity contribution < 1.29 is 14.7 Å². The van der Waals surface area contributed by atoms with E-state index in [-0.39, 0.29) is 5.41 Å². The highest BCUT2D eigenvalue weighted by Crippen LogP contribution is 2.21. The first-order valence-corrected chi connectivity index (χ1v) is 6.66. The van der Waals surface area contributed by atoms with Crippen LogP contribution in [0.25, 0.3) is 0 Å². The van der Waals surface area contributed by atoms with E-state index < -0.39 is 24.0 Å². The number of rotatable bonds is 8. The molecule has 0 bridgehead atoms. The van der Waals surface area contributed by atoms with E-state index >= 15 is 0 Å². The third kappa shape index (κ3) is 8.56. The van der Waals surface area contributed by atoms with E-state index in [1.807, 2.05) is 20.8 Å². The second kappa shape index (κ2) is 8.12. The van der Waals surface area contributed by atoms with E-state index in [9.17, 15) is 9.59 Å². The predicted octanol–water partition coefficient (Wildman–Crippen LogP) is 0.448. The molecule has 0 saturated carbocycles. The minimum atomic E-state index is -1.03. The van der Waals surface area contributed by atoms with Crippen molar-refractivity contribution in [2.75, 3.05) is 6.54 Å². The molecule has 0 aliphatic rings. The topological polar surface area (TPSA) is 118 Å². The largest absolute Gasteiger partial charge is 0.480 e. The molecule has 6 heteroatoms. The molecular weight excluding hydrogens is 246 g/mol. The van der Waals surface area contributed by atoms with Gasteiger partial charge in [0.2, 0.25) is 5.91 Å². The monoisotopic (exact) mass is 273 g/mol. The van der Waals surface area contributed by atoms with E-state index in [0.29, 0.717) is 19.4 Å². The standard InChI is InChI=1S/C13H27N3O3/c1-13(2,3)8-10(12(18)19)16-11(17)9(15)6-4-5-7-14/h9-10H,4-8,14-15H2,1-3H3,(H,16,17)(H,18,19)/t9-,10+/m1/s1. The van der Waals surface area contributed by atoms with Crippen LogP contribution < -0.4 is 16.8 Å². The average Bonchev–Trinajstić information content (AvgIpc) is 2.26. The molecule has 19 heavy (non-hydrogen) atoms. The van der Waals surface area contributed by atoms with Gasteiger partial charge < -0.3 is 21.9 Å². The number of carbonyl (C=O) groups excluding carboxylic acids is 1. The first-order chi connectivity index (χ1) is 8.67. The second-order valence-electron chi connectivity index (χ2n) is 6.06. The number of hydrogen-bond acceptors (Lipinski definition) is 4. The predicted molar refractivity (Wildman–Crippen MR) is 74.5 cm³/mol. The van der Waals surface area contributed by atoms with Crippen molar-refractivity contribution in [1.29, 1.82) is 0 Å². The molecule has 6 nitrogen and oxygen atoms in total. The molecule has 0 fully saturated rings. The molecule has 0 spiro atoms. The lowest BCUT2D eigenvalue weighted by Crippen LogP contribution is -2.49. The van der Waals surface area contributed by atoms with Crippen LogP contribution >= 0.6 is 0 Å². The lowest BCUT2D eigenvalue weighted by atomic mass is 9.88. The summed E-state index contributed by atoms with van der Waals surface area (Å²) in [7, 11) is 0. The average molecular weight is 273 g/mol. The van der Waals surface area contributed by atoms with E-state index in [0.717, 1.165) is 12.8 Å². The summed E-state index contributed by atoms with van der Waals surface area (Å²) < 4.78 is 0. The smallest absolute Gasteiger partial charge is 0.326 e. The fourth-order valence-electron chi connectivity index (χ4n) is 1.73. The van der Waals surface area contributed by atoms with Gasteiger partial charge in [-0.15, -0.1) is 0 Å². The number of carboxylic acids is 1. The van der Waals surface area contributed by atoms with Crippen molar-refractivity contribution in [3.8, 4) is 0 Å². The van der Waals surface area contributed by atoms with Crippen LogP contribution in [-0.4, -0.2) is 35.6 Å². The van der Waals surface area contributed by atoms with Gasteiger partial charge in [0.1, 0.15) is 6.04 Å². The SMILES string of the molecule is CC(C)(C)C[C@H](NC(=O)[C@H](N)CCCCN)C(=O)O. The molecule has 0 saturated heterocycles. The lowest BCUT2D eigenvalue weighted by molar-refractivity contribution is -0.142. The summed E-state index contributed by atoms with van der Waals surface area (Å²) in [5, 5.41) is 11.6. The second-order valence-corrected chi connectivity index (χ2v) is 6.06. The molecule has 0 unspecified atom stereocenters. The van der Waals surface area contributed by atoms with Crippen molar-refractivity contribution in [2.24, 2.45) is 16.9 Å². The molecule has 6 N–H and O–H groups in total. The number of aliphatic carboxylic acids is 1. The third-order valence-corrected chi connectivity index (χ3v) is 2.74. The summed E-state index contributed by atoms with van der Waals surface area (Å²) in [6.07, 6.45) is 2.46. The molecule has 0 rings (SSSR count). The van der Waals surface area contributed by atoms with Crippen molar-refractivity contribution in [3.05, 3.63) is 0 Å². The van der Waals surface area contributed by atoms with Gasteiger partial charge in [0.05, 0.1) is 6.04 Å². The molecule has 0 aromatic rings. The van der Waals surface area contributed by atoms with E-state index in [2.05, 4.69) is 5.32 Å². The van der Waals surface area contributed by atoms with Crippen LogP contribution in [0.3, 0.4) is 0 Å². The number of carboxylic acid groups (broad SMARTS) is 1. The van der Waals surface area contributed by atoms with Crippen LogP contribution in [0.4, 0.5) is 0 Å². The van der Waals surface area contributed by atoms with Gasteiger partial charge in [0.15, 0.2) is 0 Å². The van der Waals surface area contributed by atoms with Gasteiger partial charge in [-0.3, -0.25) is 4.79 Å². The Kier molecular flexibility index (Phi) is 7.63. The van der Waals surface area contributed by atoms with Crippen LogP contribution in [0.1, 0.15) is 46.5 Å². The van der Waals surface area contributed by atoms with Crippen LogP contribution in [0.15, 0.2) is 0 Å². The van der Waals surface area contributed by atoms with Gasteiger partial charge in [-0.25, -0.2) is 4.79 Å². The van der Waals surface area contributed by atoms with E-state index in [1.54, 1.807) is 0 Å². The molecular formula is C13H27N3O3. The maximum Gasteiger partial charge on any atom is 0.326 e. The summed E-state index contributed by atoms with van der Waals surface area (Å²) in [6, 6.07) is -1.57. The summed E-state index contributed by atoms with van der Waals surface area (Å²) in [4.78, 5) is 22.9. The quantitative estimate of drug-likeness (QED) is 0.479. The zero-order chi connectivity index (χ0) is 15.1. The number of nitrogens with two attached hydrogens (primary N) is 2. The molecule has 112 valence electrons. The number of hydrogen-bond donors (Lipinski definition) is 4. The van der Waals surface area contributed by atoms with Gasteiger partial charge in [0, 0.05) is 0 Å².